The van der Waals surface area contributed by atoms with Crippen molar-refractivity contribution in [1.82, 2.24) is 4.90 Å². The second-order valence-corrected chi connectivity index (χ2v) is 5.31. The molecule has 0 spiro atoms. The molecule has 1 aromatic rings. The summed E-state index contributed by atoms with van der Waals surface area (Å²) in [6.45, 7) is 3.63. The number of benzene rings is 1. The molecule has 0 aliphatic carbocycles. The topological polar surface area (TPSA) is 40.5 Å². The van der Waals surface area contributed by atoms with Crippen LogP contribution < -0.4 is 0 Å². The second-order valence-electron chi connectivity index (χ2n) is 4.90. The van der Waals surface area contributed by atoms with Gasteiger partial charge in [0, 0.05) is 19.7 Å². The Hall–Kier alpha value is -1.06. The van der Waals surface area contributed by atoms with E-state index in [9.17, 15) is 4.79 Å². The predicted octanol–water partition coefficient (Wildman–Crippen LogP) is 2.49. The number of hydrogen-bond donors (Lipinski definition) is 1. The van der Waals surface area contributed by atoms with E-state index in [0.29, 0.717) is 16.5 Å². The summed E-state index contributed by atoms with van der Waals surface area (Å²) in [6, 6.07) is 5.51. The molecule has 2 rings (SSSR count). The highest BCUT2D eigenvalue weighted by Crippen LogP contribution is 2.24. The van der Waals surface area contributed by atoms with E-state index in [2.05, 4.69) is 0 Å². The van der Waals surface area contributed by atoms with Gasteiger partial charge in [-0.15, -0.1) is 0 Å². The third-order valence-electron chi connectivity index (χ3n) is 3.47. The van der Waals surface area contributed by atoms with Gasteiger partial charge in [-0.1, -0.05) is 17.7 Å². The van der Waals surface area contributed by atoms with E-state index in [1.807, 2.05) is 24.0 Å². The number of amides is 1. The molecule has 18 heavy (non-hydrogen) atoms. The minimum absolute atomic E-state index is 0.000407. The zero-order valence-electron chi connectivity index (χ0n) is 10.5. The Balaban J connectivity index is 2.08. The number of carbonyl (C=O) groups excluding carboxylic acids is 1. The molecule has 0 radical (unpaired) electrons. The summed E-state index contributed by atoms with van der Waals surface area (Å²) in [5.74, 6) is 0.420. The van der Waals surface area contributed by atoms with Gasteiger partial charge in [0.25, 0.3) is 5.91 Å². The molecule has 1 saturated heterocycles. The van der Waals surface area contributed by atoms with Crippen molar-refractivity contribution in [3.63, 3.8) is 0 Å². The first-order valence-corrected chi connectivity index (χ1v) is 6.66. The number of aliphatic hydroxyl groups excluding tert-OH is 1. The van der Waals surface area contributed by atoms with Gasteiger partial charge in [0.1, 0.15) is 0 Å². The fourth-order valence-electron chi connectivity index (χ4n) is 2.40. The van der Waals surface area contributed by atoms with Gasteiger partial charge in [-0.25, -0.2) is 0 Å². The molecule has 1 unspecified atom stereocenters. The maximum atomic E-state index is 12.3. The van der Waals surface area contributed by atoms with E-state index in [-0.39, 0.29) is 12.5 Å². The van der Waals surface area contributed by atoms with Crippen molar-refractivity contribution in [3.8, 4) is 0 Å². The normalized spacial score (nSPS) is 19.3. The zero-order valence-corrected chi connectivity index (χ0v) is 11.3. The van der Waals surface area contributed by atoms with Crippen molar-refractivity contribution in [2.24, 2.45) is 5.92 Å². The molecule has 1 atom stereocenters. The van der Waals surface area contributed by atoms with E-state index in [1.54, 1.807) is 6.07 Å². The van der Waals surface area contributed by atoms with Gasteiger partial charge in [0.15, 0.2) is 0 Å². The van der Waals surface area contributed by atoms with Crippen LogP contribution in [0, 0.1) is 12.8 Å². The molecule has 0 aromatic heterocycles. The third-order valence-corrected chi connectivity index (χ3v) is 3.78. The second kappa shape index (κ2) is 5.72. The van der Waals surface area contributed by atoms with Gasteiger partial charge in [0.05, 0.1) is 10.6 Å². The maximum Gasteiger partial charge on any atom is 0.255 e. The van der Waals surface area contributed by atoms with Gasteiger partial charge in [-0.3, -0.25) is 4.79 Å². The summed E-state index contributed by atoms with van der Waals surface area (Å²) in [4.78, 5) is 14.1. The first-order valence-electron chi connectivity index (χ1n) is 6.28. The number of aryl methyl sites for hydroxylation is 1. The van der Waals surface area contributed by atoms with Gasteiger partial charge in [-0.05, 0) is 43.4 Å². The Morgan fingerprint density at radius 1 is 1.56 bits per heavy atom. The summed E-state index contributed by atoms with van der Waals surface area (Å²) in [5.41, 5.74) is 1.63. The highest BCUT2D eigenvalue weighted by Gasteiger charge is 2.27. The minimum atomic E-state index is 0.000407. The SMILES string of the molecule is Cc1ccc(C(=O)N2CCC(CCO)C2)c(Cl)c1. The van der Waals surface area contributed by atoms with Crippen molar-refractivity contribution in [3.05, 3.63) is 34.3 Å². The van der Waals surface area contributed by atoms with Crippen LogP contribution in [-0.4, -0.2) is 35.6 Å². The molecule has 0 bridgehead atoms. The van der Waals surface area contributed by atoms with Crippen LogP contribution in [-0.2, 0) is 0 Å². The van der Waals surface area contributed by atoms with E-state index in [4.69, 9.17) is 16.7 Å². The standard InChI is InChI=1S/C14H18ClNO2/c1-10-2-3-12(13(15)8-10)14(18)16-6-4-11(9-16)5-7-17/h2-3,8,11,17H,4-7,9H2,1H3. The quantitative estimate of drug-likeness (QED) is 0.914. The van der Waals surface area contributed by atoms with Crippen molar-refractivity contribution in [1.29, 1.82) is 0 Å². The average Bonchev–Trinajstić information content (AvgIpc) is 2.77. The van der Waals surface area contributed by atoms with Gasteiger partial charge >= 0.3 is 0 Å². The molecule has 1 heterocycles. The molecule has 1 amide bonds. The molecule has 1 aliphatic rings. The molecule has 1 N–H and O–H groups in total. The smallest absolute Gasteiger partial charge is 0.255 e. The molecular weight excluding hydrogens is 250 g/mol. The third kappa shape index (κ3) is 2.85. The van der Waals surface area contributed by atoms with Crippen LogP contribution in [0.5, 0.6) is 0 Å². The summed E-state index contributed by atoms with van der Waals surface area (Å²) < 4.78 is 0. The van der Waals surface area contributed by atoms with Crippen molar-refractivity contribution < 1.29 is 9.90 Å². The Morgan fingerprint density at radius 2 is 2.33 bits per heavy atom. The Bertz CT molecular complexity index is 447. The molecule has 4 heteroatoms. The number of aliphatic hydroxyl groups is 1. The number of nitrogens with zero attached hydrogens (tertiary/aromatic N) is 1. The van der Waals surface area contributed by atoms with E-state index < -0.39 is 0 Å². The Morgan fingerprint density at radius 3 is 3.00 bits per heavy atom. The van der Waals surface area contributed by atoms with Crippen molar-refractivity contribution >= 4 is 17.5 Å². The molecule has 1 aliphatic heterocycles. The molecule has 98 valence electrons. The average molecular weight is 268 g/mol. The fourth-order valence-corrected chi connectivity index (χ4v) is 2.72. The Labute approximate surface area is 112 Å². The number of rotatable bonds is 3. The first-order chi connectivity index (χ1) is 8.61. The van der Waals surface area contributed by atoms with Gasteiger partial charge in [-0.2, -0.15) is 0 Å². The van der Waals surface area contributed by atoms with Crippen LogP contribution in [0.4, 0.5) is 0 Å². The van der Waals surface area contributed by atoms with Crippen LogP contribution >= 0.6 is 11.6 Å². The molecular formula is C14H18ClNO2. The number of likely N-dealkylation sites (tertiary alicyclic amines) is 1. The largest absolute Gasteiger partial charge is 0.396 e. The van der Waals surface area contributed by atoms with Crippen LogP contribution in [0.15, 0.2) is 18.2 Å². The van der Waals surface area contributed by atoms with Crippen LogP contribution in [0.2, 0.25) is 5.02 Å². The molecule has 3 nitrogen and oxygen atoms in total. The highest BCUT2D eigenvalue weighted by atomic mass is 35.5. The number of carbonyl (C=O) groups is 1. The molecule has 1 aromatic carbocycles. The first kappa shape index (κ1) is 13.4. The summed E-state index contributed by atoms with van der Waals surface area (Å²) >= 11 is 6.11. The zero-order chi connectivity index (χ0) is 13.1. The maximum absolute atomic E-state index is 12.3. The van der Waals surface area contributed by atoms with Gasteiger partial charge in [0.2, 0.25) is 0 Å². The number of halogens is 1. The lowest BCUT2D eigenvalue weighted by Gasteiger charge is -2.17. The lowest BCUT2D eigenvalue weighted by molar-refractivity contribution is 0.0785. The highest BCUT2D eigenvalue weighted by molar-refractivity contribution is 6.33. The monoisotopic (exact) mass is 267 g/mol. The van der Waals surface area contributed by atoms with Gasteiger partial charge < -0.3 is 10.0 Å². The van der Waals surface area contributed by atoms with Crippen molar-refractivity contribution in [2.75, 3.05) is 19.7 Å². The number of hydrogen-bond acceptors (Lipinski definition) is 2. The lowest BCUT2D eigenvalue weighted by Crippen LogP contribution is -2.29. The lowest BCUT2D eigenvalue weighted by atomic mass is 10.1. The summed E-state index contributed by atoms with van der Waals surface area (Å²) in [7, 11) is 0. The predicted molar refractivity (Wildman–Crippen MR) is 71.9 cm³/mol. The minimum Gasteiger partial charge on any atom is -0.396 e. The van der Waals surface area contributed by atoms with E-state index >= 15 is 0 Å². The summed E-state index contributed by atoms with van der Waals surface area (Å²) in [6.07, 6.45) is 1.74. The molecule has 1 fully saturated rings. The fraction of sp³-hybridized carbons (Fsp3) is 0.500. The van der Waals surface area contributed by atoms with Crippen molar-refractivity contribution in [2.45, 2.75) is 19.8 Å². The van der Waals surface area contributed by atoms with Crippen LogP contribution in [0.1, 0.15) is 28.8 Å². The molecule has 0 saturated carbocycles. The van der Waals surface area contributed by atoms with Crippen LogP contribution in [0.25, 0.3) is 0 Å². The summed E-state index contributed by atoms with van der Waals surface area (Å²) in [5, 5.41) is 9.44. The Kier molecular flexibility index (Phi) is 4.25. The van der Waals surface area contributed by atoms with E-state index in [0.717, 1.165) is 31.5 Å². The van der Waals surface area contributed by atoms with Crippen LogP contribution in [0.3, 0.4) is 0 Å². The van der Waals surface area contributed by atoms with E-state index in [1.165, 1.54) is 0 Å².